The molecule has 0 aliphatic carbocycles. The number of carboxylic acids is 2. The maximum absolute atomic E-state index is 12.3. The molecular formula is C16H12N2O10. The Morgan fingerprint density at radius 2 is 0.929 bits per heavy atom. The molecule has 2 aliphatic heterocycles. The third-order valence-electron chi connectivity index (χ3n) is 4.79. The number of aromatic carboxylic acids is 2. The number of benzene rings is 1. The minimum atomic E-state index is -2.33. The van der Waals surface area contributed by atoms with Crippen molar-refractivity contribution < 1.29 is 49.4 Å². The number of carbonyl (C=O) groups is 6. The van der Waals surface area contributed by atoms with Crippen LogP contribution in [0.15, 0.2) is 12.1 Å². The molecule has 0 saturated carbocycles. The molecule has 2 N–H and O–H groups in total. The number of hydrogen-bond acceptors (Lipinski definition) is 10. The molecule has 0 atom stereocenters. The molecule has 0 bridgehead atoms. The van der Waals surface area contributed by atoms with E-state index in [1.165, 1.54) is 0 Å². The fraction of sp³-hybridized carbons (Fsp3) is 0.250. The number of carbonyl (C=O) groups excluding carboxylic acids is 6. The first kappa shape index (κ1) is 19.4. The second-order valence-electron chi connectivity index (χ2n) is 6.28. The summed E-state index contributed by atoms with van der Waals surface area (Å²) in [4.78, 5) is 72.2. The van der Waals surface area contributed by atoms with Crippen molar-refractivity contribution in [3.05, 3.63) is 23.3 Å². The van der Waals surface area contributed by atoms with E-state index in [9.17, 15) is 49.4 Å². The number of hydroxylamine groups is 4. The molecular weight excluding hydrogens is 380 g/mol. The second kappa shape index (κ2) is 6.10. The van der Waals surface area contributed by atoms with E-state index >= 15 is 0 Å². The normalized spacial score (nSPS) is 20.6. The first-order valence-electron chi connectivity index (χ1n) is 7.95. The molecule has 1 aromatic rings. The zero-order chi connectivity index (χ0) is 21.0. The van der Waals surface area contributed by atoms with Crippen molar-refractivity contribution in [3.63, 3.8) is 0 Å². The van der Waals surface area contributed by atoms with E-state index < -0.39 is 93.0 Å². The van der Waals surface area contributed by atoms with E-state index in [2.05, 4.69) is 0 Å². The number of quaternary nitrogens is 2. The van der Waals surface area contributed by atoms with Crippen LogP contribution in [-0.4, -0.2) is 46.0 Å². The van der Waals surface area contributed by atoms with Crippen LogP contribution in [0.2, 0.25) is 0 Å². The molecule has 0 unspecified atom stereocenters. The van der Waals surface area contributed by atoms with Gasteiger partial charge in [-0.1, -0.05) is 0 Å². The zero-order valence-corrected chi connectivity index (χ0v) is 14.0. The summed E-state index contributed by atoms with van der Waals surface area (Å²) in [6, 6.07) is 1.21. The molecule has 28 heavy (non-hydrogen) atoms. The molecule has 2 aliphatic rings. The topological polar surface area (TPSA) is 189 Å². The highest BCUT2D eigenvalue weighted by molar-refractivity contribution is 6.22. The number of imide groups is 2. The molecule has 0 aromatic heterocycles. The quantitative estimate of drug-likeness (QED) is 0.315. The Labute approximate surface area is 155 Å². The average molecular weight is 392 g/mol. The van der Waals surface area contributed by atoms with Gasteiger partial charge in [0.1, 0.15) is 0 Å². The summed E-state index contributed by atoms with van der Waals surface area (Å²) in [5.41, 5.74) is -4.57. The highest BCUT2D eigenvalue weighted by Crippen LogP contribution is 2.46. The van der Waals surface area contributed by atoms with Gasteiger partial charge in [0.05, 0.1) is 48.7 Å². The van der Waals surface area contributed by atoms with E-state index in [0.29, 0.717) is 12.1 Å². The van der Waals surface area contributed by atoms with Crippen molar-refractivity contribution in [2.45, 2.75) is 25.7 Å². The fourth-order valence-electron chi connectivity index (χ4n) is 3.42. The fourth-order valence-corrected chi connectivity index (χ4v) is 3.42. The summed E-state index contributed by atoms with van der Waals surface area (Å²) >= 11 is 0. The van der Waals surface area contributed by atoms with Crippen molar-refractivity contribution in [2.24, 2.45) is 0 Å². The molecule has 1 aromatic carbocycles. The number of carboxylic acid groups (broad SMARTS) is 2. The van der Waals surface area contributed by atoms with E-state index in [-0.39, 0.29) is 0 Å². The number of amides is 4. The predicted molar refractivity (Wildman–Crippen MR) is 80.8 cm³/mol. The molecule has 0 radical (unpaired) electrons. The maximum Gasteiger partial charge on any atom is 0.359 e. The lowest BCUT2D eigenvalue weighted by molar-refractivity contribution is -0.256. The highest BCUT2D eigenvalue weighted by atomic mass is 16.6. The minimum Gasteiger partial charge on any atom is -0.545 e. The Morgan fingerprint density at radius 3 is 1.14 bits per heavy atom. The van der Waals surface area contributed by atoms with E-state index in [4.69, 9.17) is 0 Å². The monoisotopic (exact) mass is 392 g/mol. The molecule has 2 fully saturated rings. The number of hydrogen-bond donors (Lipinski definition) is 2. The molecule has 2 heterocycles. The van der Waals surface area contributed by atoms with Gasteiger partial charge in [-0.15, -0.1) is 0 Å². The first-order valence-corrected chi connectivity index (χ1v) is 7.95. The summed E-state index contributed by atoms with van der Waals surface area (Å²) in [5, 5.41) is 44.7. The van der Waals surface area contributed by atoms with Crippen LogP contribution in [0.5, 0.6) is 0 Å². The summed E-state index contributed by atoms with van der Waals surface area (Å²) in [5.74, 6) is -9.06. The Bertz CT molecular complexity index is 884. The van der Waals surface area contributed by atoms with Crippen molar-refractivity contribution in [1.29, 1.82) is 0 Å². The zero-order valence-electron chi connectivity index (χ0n) is 14.0. The van der Waals surface area contributed by atoms with Crippen LogP contribution in [-0.2, 0) is 19.2 Å². The molecule has 2 saturated heterocycles. The van der Waals surface area contributed by atoms with Gasteiger partial charge < -0.3 is 19.8 Å². The van der Waals surface area contributed by atoms with Crippen LogP contribution in [0, 0.1) is 0 Å². The Morgan fingerprint density at radius 1 is 0.679 bits per heavy atom. The lowest BCUT2D eigenvalue weighted by atomic mass is 10.0. The Hall–Kier alpha value is -3.32. The first-order chi connectivity index (χ1) is 13.0. The van der Waals surface area contributed by atoms with Gasteiger partial charge in [0.2, 0.25) is 0 Å². The average Bonchev–Trinajstić information content (AvgIpc) is 3.06. The van der Waals surface area contributed by atoms with Gasteiger partial charge >= 0.3 is 23.6 Å². The van der Waals surface area contributed by atoms with E-state index in [1.54, 1.807) is 0 Å². The molecule has 12 nitrogen and oxygen atoms in total. The van der Waals surface area contributed by atoms with Crippen LogP contribution in [0.3, 0.4) is 0 Å². The summed E-state index contributed by atoms with van der Waals surface area (Å²) in [6.45, 7) is 0. The van der Waals surface area contributed by atoms with Crippen molar-refractivity contribution in [2.75, 3.05) is 0 Å². The Kier molecular flexibility index (Phi) is 4.24. The molecule has 3 rings (SSSR count). The van der Waals surface area contributed by atoms with Gasteiger partial charge in [0.15, 0.2) is 0 Å². The van der Waals surface area contributed by atoms with E-state index in [0.717, 1.165) is 0 Å². The molecule has 12 heteroatoms. The SMILES string of the molecule is O=C([O-])c1ccc(C(=O)[O-])c([N+]2(O)C(=O)CCC2=O)c1[N+]1(O)C(=O)CCC1=O. The van der Waals surface area contributed by atoms with Crippen LogP contribution >= 0.6 is 0 Å². The van der Waals surface area contributed by atoms with Gasteiger partial charge in [0, 0.05) is 0 Å². The second-order valence-corrected chi connectivity index (χ2v) is 6.28. The molecule has 146 valence electrons. The predicted octanol–water partition coefficient (Wildman–Crippen LogP) is -2.50. The molecule has 4 amide bonds. The van der Waals surface area contributed by atoms with Crippen LogP contribution in [0.1, 0.15) is 46.4 Å². The largest absolute Gasteiger partial charge is 0.545 e. The van der Waals surface area contributed by atoms with Crippen LogP contribution < -0.4 is 19.5 Å². The van der Waals surface area contributed by atoms with Crippen LogP contribution in [0.4, 0.5) is 11.4 Å². The Balaban J connectivity index is 2.55. The minimum absolute atomic E-state index is 0.524. The van der Waals surface area contributed by atoms with Gasteiger partial charge in [0.25, 0.3) is 11.4 Å². The van der Waals surface area contributed by atoms with Gasteiger partial charge in [-0.2, -0.15) is 10.4 Å². The highest BCUT2D eigenvalue weighted by Gasteiger charge is 2.63. The maximum atomic E-state index is 12.3. The summed E-state index contributed by atoms with van der Waals surface area (Å²) in [7, 11) is 0. The number of rotatable bonds is 4. The third kappa shape index (κ3) is 2.33. The standard InChI is InChI=1S/C16H12N2O10/c19-9-3-4-10(20)17(9,27)13-7(15(23)24)1-2-8(16(25)26)14(13)18(28)11(21)5-6-12(18)22/h1-2,27-28H,3-6H2. The van der Waals surface area contributed by atoms with Crippen LogP contribution in [0.25, 0.3) is 0 Å². The summed E-state index contributed by atoms with van der Waals surface area (Å²) in [6.07, 6.45) is -2.09. The number of nitrogens with zero attached hydrogens (tertiary/aromatic N) is 2. The lowest BCUT2D eigenvalue weighted by Crippen LogP contribution is -2.57. The van der Waals surface area contributed by atoms with Crippen molar-refractivity contribution >= 4 is 46.9 Å². The van der Waals surface area contributed by atoms with Gasteiger partial charge in [-0.25, -0.2) is 19.2 Å². The van der Waals surface area contributed by atoms with Crippen molar-refractivity contribution in [3.8, 4) is 0 Å². The van der Waals surface area contributed by atoms with Gasteiger partial charge in [-0.05, 0) is 21.4 Å². The van der Waals surface area contributed by atoms with Crippen molar-refractivity contribution in [1.82, 2.24) is 9.29 Å². The van der Waals surface area contributed by atoms with Gasteiger partial charge in [-0.3, -0.25) is 0 Å². The van der Waals surface area contributed by atoms with E-state index in [1.807, 2.05) is 0 Å². The molecule has 0 spiro atoms. The summed E-state index contributed by atoms with van der Waals surface area (Å²) < 4.78 is -4.66. The smallest absolute Gasteiger partial charge is 0.359 e. The lowest BCUT2D eigenvalue weighted by Gasteiger charge is -2.29. The third-order valence-corrected chi connectivity index (χ3v) is 4.79.